The molecule has 0 saturated heterocycles. The highest BCUT2D eigenvalue weighted by Gasteiger charge is 2.10. The first-order valence-electron chi connectivity index (χ1n) is 5.11. The van der Waals surface area contributed by atoms with Crippen molar-refractivity contribution in [3.63, 3.8) is 0 Å². The molecule has 0 bridgehead atoms. The van der Waals surface area contributed by atoms with E-state index in [4.69, 9.17) is 5.73 Å². The Balaban J connectivity index is 2.42. The molecule has 2 rings (SSSR count). The molecule has 0 aliphatic rings. The third kappa shape index (κ3) is 2.25. The Morgan fingerprint density at radius 3 is 2.59 bits per heavy atom. The van der Waals surface area contributed by atoms with Crippen molar-refractivity contribution < 1.29 is 9.53 Å². The number of anilines is 1. The Hall–Kier alpha value is -2.36. The molecule has 0 aliphatic carbocycles. The van der Waals surface area contributed by atoms with Crippen molar-refractivity contribution in [1.29, 1.82) is 0 Å². The highest BCUT2D eigenvalue weighted by atomic mass is 16.5. The number of nitrogens with two attached hydrogens (primary N) is 1. The first kappa shape index (κ1) is 11.1. The van der Waals surface area contributed by atoms with Crippen molar-refractivity contribution in [3.05, 3.63) is 48.2 Å². The van der Waals surface area contributed by atoms with Gasteiger partial charge in [0.1, 0.15) is 0 Å². The van der Waals surface area contributed by atoms with E-state index in [9.17, 15) is 4.79 Å². The number of aromatic nitrogens is 1. The number of carbonyl (C=O) groups is 1. The van der Waals surface area contributed by atoms with Gasteiger partial charge < -0.3 is 10.5 Å². The van der Waals surface area contributed by atoms with E-state index in [0.29, 0.717) is 16.9 Å². The Kier molecular flexibility index (Phi) is 3.05. The zero-order valence-electron chi connectivity index (χ0n) is 9.38. The number of ether oxygens (including phenoxy) is 1. The summed E-state index contributed by atoms with van der Waals surface area (Å²) in [5.41, 5.74) is 8.27. The quantitative estimate of drug-likeness (QED) is 0.799. The second-order valence-electron chi connectivity index (χ2n) is 3.52. The van der Waals surface area contributed by atoms with Crippen LogP contribution in [0.15, 0.2) is 42.6 Å². The van der Waals surface area contributed by atoms with Gasteiger partial charge in [-0.15, -0.1) is 0 Å². The molecule has 0 amide bonds. The smallest absolute Gasteiger partial charge is 0.339 e. The molecule has 4 nitrogen and oxygen atoms in total. The summed E-state index contributed by atoms with van der Waals surface area (Å²) in [6.45, 7) is 0. The van der Waals surface area contributed by atoms with Gasteiger partial charge in [-0.25, -0.2) is 4.79 Å². The Morgan fingerprint density at radius 2 is 2.00 bits per heavy atom. The van der Waals surface area contributed by atoms with E-state index in [1.807, 2.05) is 30.3 Å². The molecule has 0 unspecified atom stereocenters. The number of nitrogen functional groups attached to an aromatic ring is 1. The first-order chi connectivity index (χ1) is 8.22. The van der Waals surface area contributed by atoms with E-state index >= 15 is 0 Å². The van der Waals surface area contributed by atoms with E-state index in [-0.39, 0.29) is 0 Å². The van der Waals surface area contributed by atoms with Crippen molar-refractivity contribution in [2.75, 3.05) is 12.8 Å². The van der Waals surface area contributed by atoms with E-state index in [1.165, 1.54) is 13.3 Å². The predicted molar refractivity (Wildman–Crippen MR) is 65.4 cm³/mol. The van der Waals surface area contributed by atoms with Crippen LogP contribution < -0.4 is 5.73 Å². The summed E-state index contributed by atoms with van der Waals surface area (Å²) >= 11 is 0. The van der Waals surface area contributed by atoms with Crippen LogP contribution in [0.4, 0.5) is 5.69 Å². The summed E-state index contributed by atoms with van der Waals surface area (Å²) in [5, 5.41) is 0. The van der Waals surface area contributed by atoms with E-state index in [2.05, 4.69) is 9.72 Å². The van der Waals surface area contributed by atoms with Crippen molar-refractivity contribution >= 4 is 11.7 Å². The molecular weight excluding hydrogens is 216 g/mol. The van der Waals surface area contributed by atoms with Crippen LogP contribution >= 0.6 is 0 Å². The summed E-state index contributed by atoms with van der Waals surface area (Å²) in [4.78, 5) is 15.5. The molecule has 2 N–H and O–H groups in total. The summed E-state index contributed by atoms with van der Waals surface area (Å²) in [6, 6.07) is 11.1. The zero-order valence-corrected chi connectivity index (χ0v) is 9.38. The molecule has 4 heteroatoms. The number of methoxy groups -OCH3 is 1. The lowest BCUT2D eigenvalue weighted by molar-refractivity contribution is 0.0600. The Morgan fingerprint density at radius 1 is 1.29 bits per heavy atom. The average molecular weight is 228 g/mol. The van der Waals surface area contributed by atoms with E-state index in [0.717, 1.165) is 5.56 Å². The van der Waals surface area contributed by atoms with Crippen LogP contribution in [0.3, 0.4) is 0 Å². The molecule has 17 heavy (non-hydrogen) atoms. The second kappa shape index (κ2) is 4.65. The summed E-state index contributed by atoms with van der Waals surface area (Å²) in [5.74, 6) is -0.441. The van der Waals surface area contributed by atoms with Gasteiger partial charge >= 0.3 is 5.97 Å². The second-order valence-corrected chi connectivity index (χ2v) is 3.52. The summed E-state index contributed by atoms with van der Waals surface area (Å²) < 4.78 is 4.60. The molecule has 0 fully saturated rings. The van der Waals surface area contributed by atoms with Gasteiger partial charge in [0.05, 0.1) is 24.1 Å². The van der Waals surface area contributed by atoms with Crippen LogP contribution in [0.2, 0.25) is 0 Å². The number of hydrogen-bond donors (Lipinski definition) is 1. The maximum atomic E-state index is 11.3. The standard InChI is InChI=1S/C13H12N2O2/c1-17-13(16)10-7-11(14)12(15-8-10)9-5-3-2-4-6-9/h2-8H,14H2,1H3. The molecule has 1 heterocycles. The lowest BCUT2D eigenvalue weighted by atomic mass is 10.1. The van der Waals surface area contributed by atoms with Gasteiger partial charge in [-0.05, 0) is 6.07 Å². The van der Waals surface area contributed by atoms with Gasteiger partial charge in [-0.1, -0.05) is 30.3 Å². The number of benzene rings is 1. The minimum atomic E-state index is -0.441. The predicted octanol–water partition coefficient (Wildman–Crippen LogP) is 2.12. The van der Waals surface area contributed by atoms with Crippen LogP contribution in [-0.2, 0) is 4.74 Å². The molecule has 0 saturated carbocycles. The molecule has 1 aromatic carbocycles. The molecular formula is C13H12N2O2. The fourth-order valence-electron chi connectivity index (χ4n) is 1.55. The van der Waals surface area contributed by atoms with Crippen LogP contribution in [-0.4, -0.2) is 18.1 Å². The molecule has 0 aliphatic heterocycles. The maximum absolute atomic E-state index is 11.3. The number of carbonyl (C=O) groups excluding carboxylic acids is 1. The van der Waals surface area contributed by atoms with Gasteiger partial charge in [0.25, 0.3) is 0 Å². The average Bonchev–Trinajstić information content (AvgIpc) is 2.38. The minimum Gasteiger partial charge on any atom is -0.465 e. The monoisotopic (exact) mass is 228 g/mol. The highest BCUT2D eigenvalue weighted by Crippen LogP contribution is 2.23. The van der Waals surface area contributed by atoms with Crippen molar-refractivity contribution in [2.45, 2.75) is 0 Å². The molecule has 86 valence electrons. The Labute approximate surface area is 99.1 Å². The van der Waals surface area contributed by atoms with Crippen LogP contribution in [0.5, 0.6) is 0 Å². The molecule has 0 spiro atoms. The number of nitrogens with zero attached hydrogens (tertiary/aromatic N) is 1. The van der Waals surface area contributed by atoms with Crippen molar-refractivity contribution in [3.8, 4) is 11.3 Å². The largest absolute Gasteiger partial charge is 0.465 e. The fraction of sp³-hybridized carbons (Fsp3) is 0.0769. The Bertz CT molecular complexity index is 538. The van der Waals surface area contributed by atoms with Gasteiger partial charge in [0.2, 0.25) is 0 Å². The third-order valence-electron chi connectivity index (χ3n) is 2.39. The normalized spacial score (nSPS) is 9.94. The lowest BCUT2D eigenvalue weighted by Crippen LogP contribution is -2.04. The zero-order chi connectivity index (χ0) is 12.3. The van der Waals surface area contributed by atoms with Gasteiger partial charge in [0.15, 0.2) is 0 Å². The fourth-order valence-corrected chi connectivity index (χ4v) is 1.55. The van der Waals surface area contributed by atoms with Crippen molar-refractivity contribution in [1.82, 2.24) is 4.98 Å². The van der Waals surface area contributed by atoms with Crippen LogP contribution in [0, 0.1) is 0 Å². The highest BCUT2D eigenvalue weighted by molar-refractivity contribution is 5.91. The van der Waals surface area contributed by atoms with Crippen LogP contribution in [0.25, 0.3) is 11.3 Å². The van der Waals surface area contributed by atoms with Crippen molar-refractivity contribution in [2.24, 2.45) is 0 Å². The number of esters is 1. The SMILES string of the molecule is COC(=O)c1cnc(-c2ccccc2)c(N)c1. The van der Waals surface area contributed by atoms with Gasteiger partial charge in [0, 0.05) is 11.8 Å². The first-order valence-corrected chi connectivity index (χ1v) is 5.11. The maximum Gasteiger partial charge on any atom is 0.339 e. The summed E-state index contributed by atoms with van der Waals surface area (Å²) in [6.07, 6.45) is 1.46. The number of rotatable bonds is 2. The van der Waals surface area contributed by atoms with E-state index in [1.54, 1.807) is 6.07 Å². The third-order valence-corrected chi connectivity index (χ3v) is 2.39. The summed E-state index contributed by atoms with van der Waals surface area (Å²) in [7, 11) is 1.32. The molecule has 0 radical (unpaired) electrons. The number of pyridine rings is 1. The molecule has 2 aromatic rings. The number of hydrogen-bond acceptors (Lipinski definition) is 4. The van der Waals surface area contributed by atoms with Gasteiger partial charge in [-0.2, -0.15) is 0 Å². The molecule has 1 aromatic heterocycles. The van der Waals surface area contributed by atoms with E-state index < -0.39 is 5.97 Å². The van der Waals surface area contributed by atoms with Crippen LogP contribution in [0.1, 0.15) is 10.4 Å². The molecule has 0 atom stereocenters. The topological polar surface area (TPSA) is 65.2 Å². The lowest BCUT2D eigenvalue weighted by Gasteiger charge is -2.06. The minimum absolute atomic E-state index is 0.352. The van der Waals surface area contributed by atoms with Gasteiger partial charge in [-0.3, -0.25) is 4.98 Å².